The van der Waals surface area contributed by atoms with Crippen molar-refractivity contribution in [1.29, 1.82) is 0 Å². The molecule has 1 saturated heterocycles. The van der Waals surface area contributed by atoms with Crippen LogP contribution in [0.5, 0.6) is 0 Å². The SMILES string of the molecule is c1ccc(CN(Cc2ccccn2)C[C@@H]2CCCCN2Cc2ccccn2)nc1. The lowest BCUT2D eigenvalue weighted by Crippen LogP contribution is -2.46. The van der Waals surface area contributed by atoms with Gasteiger partial charge in [-0.3, -0.25) is 24.8 Å². The van der Waals surface area contributed by atoms with Gasteiger partial charge in [-0.25, -0.2) is 0 Å². The Bertz CT molecular complexity index is 799. The minimum atomic E-state index is 0.526. The van der Waals surface area contributed by atoms with E-state index in [4.69, 9.17) is 0 Å². The van der Waals surface area contributed by atoms with E-state index in [9.17, 15) is 0 Å². The Morgan fingerprint density at radius 2 is 1.34 bits per heavy atom. The van der Waals surface area contributed by atoms with E-state index in [0.717, 1.165) is 49.8 Å². The second-order valence-electron chi connectivity index (χ2n) is 7.75. The minimum Gasteiger partial charge on any atom is -0.293 e. The molecule has 0 bridgehead atoms. The number of pyridine rings is 3. The lowest BCUT2D eigenvalue weighted by Gasteiger charge is -2.38. The third-order valence-electron chi connectivity index (χ3n) is 5.53. The Hall–Kier alpha value is -2.63. The van der Waals surface area contributed by atoms with Gasteiger partial charge in [-0.1, -0.05) is 24.6 Å². The molecule has 0 N–H and O–H groups in total. The molecule has 29 heavy (non-hydrogen) atoms. The molecule has 1 aliphatic rings. The summed E-state index contributed by atoms with van der Waals surface area (Å²) in [5.74, 6) is 0. The molecule has 0 radical (unpaired) electrons. The smallest absolute Gasteiger partial charge is 0.0544 e. The van der Waals surface area contributed by atoms with Crippen LogP contribution in [0.1, 0.15) is 36.3 Å². The summed E-state index contributed by atoms with van der Waals surface area (Å²) in [6, 6.07) is 19.0. The summed E-state index contributed by atoms with van der Waals surface area (Å²) in [6.45, 7) is 4.76. The van der Waals surface area contributed by atoms with E-state index in [2.05, 4.69) is 61.1 Å². The van der Waals surface area contributed by atoms with Crippen molar-refractivity contribution in [2.75, 3.05) is 13.1 Å². The molecule has 5 nitrogen and oxygen atoms in total. The Kier molecular flexibility index (Phi) is 6.94. The number of nitrogens with zero attached hydrogens (tertiary/aromatic N) is 5. The molecule has 0 unspecified atom stereocenters. The zero-order valence-corrected chi connectivity index (χ0v) is 16.9. The van der Waals surface area contributed by atoms with Crippen LogP contribution in [-0.4, -0.2) is 43.9 Å². The van der Waals surface area contributed by atoms with E-state index in [0.29, 0.717) is 6.04 Å². The van der Waals surface area contributed by atoms with Crippen LogP contribution < -0.4 is 0 Å². The molecule has 1 fully saturated rings. The fourth-order valence-electron chi connectivity index (χ4n) is 4.10. The number of rotatable bonds is 8. The Labute approximate surface area is 173 Å². The number of hydrogen-bond acceptors (Lipinski definition) is 5. The van der Waals surface area contributed by atoms with Gasteiger partial charge in [0.2, 0.25) is 0 Å². The average molecular weight is 388 g/mol. The normalized spacial score (nSPS) is 17.5. The van der Waals surface area contributed by atoms with Gasteiger partial charge in [-0.2, -0.15) is 0 Å². The molecular weight excluding hydrogens is 358 g/mol. The molecular formula is C24H29N5. The van der Waals surface area contributed by atoms with Crippen LogP contribution in [0.15, 0.2) is 73.2 Å². The number of aromatic nitrogens is 3. The highest BCUT2D eigenvalue weighted by Gasteiger charge is 2.25. The highest BCUT2D eigenvalue weighted by Crippen LogP contribution is 2.21. The Balaban J connectivity index is 1.48. The second-order valence-corrected chi connectivity index (χ2v) is 7.75. The molecule has 0 aromatic carbocycles. The van der Waals surface area contributed by atoms with Crippen LogP contribution >= 0.6 is 0 Å². The van der Waals surface area contributed by atoms with Crippen LogP contribution in [0.25, 0.3) is 0 Å². The minimum absolute atomic E-state index is 0.526. The van der Waals surface area contributed by atoms with Crippen LogP contribution in [0, 0.1) is 0 Å². The van der Waals surface area contributed by atoms with E-state index in [-0.39, 0.29) is 0 Å². The highest BCUT2D eigenvalue weighted by molar-refractivity contribution is 5.07. The highest BCUT2D eigenvalue weighted by atomic mass is 15.2. The molecule has 4 rings (SSSR count). The second kappa shape index (κ2) is 10.2. The fraction of sp³-hybridized carbons (Fsp3) is 0.375. The van der Waals surface area contributed by atoms with Crippen molar-refractivity contribution in [3.05, 3.63) is 90.3 Å². The maximum atomic E-state index is 4.55. The third-order valence-corrected chi connectivity index (χ3v) is 5.53. The van der Waals surface area contributed by atoms with Crippen molar-refractivity contribution >= 4 is 0 Å². The number of piperidine rings is 1. The summed E-state index contributed by atoms with van der Waals surface area (Å²) >= 11 is 0. The zero-order chi connectivity index (χ0) is 19.7. The molecule has 1 aliphatic heterocycles. The monoisotopic (exact) mass is 387 g/mol. The van der Waals surface area contributed by atoms with Gasteiger partial charge in [0.15, 0.2) is 0 Å². The molecule has 4 heterocycles. The standard InChI is InChI=1S/C24H29N5/c1-5-13-25-21(9-1)17-28(18-22-10-2-6-14-26-22)20-24-12-4-8-16-29(24)19-23-11-3-7-15-27-23/h1-3,5-7,9-11,13-15,24H,4,8,12,16-20H2/t24-/m0/s1. The maximum Gasteiger partial charge on any atom is 0.0544 e. The van der Waals surface area contributed by atoms with Crippen LogP contribution in [-0.2, 0) is 19.6 Å². The van der Waals surface area contributed by atoms with Crippen LogP contribution in [0.4, 0.5) is 0 Å². The summed E-state index contributed by atoms with van der Waals surface area (Å²) in [6.07, 6.45) is 9.44. The van der Waals surface area contributed by atoms with Crippen molar-refractivity contribution in [2.24, 2.45) is 0 Å². The predicted octanol–water partition coefficient (Wildman–Crippen LogP) is 3.93. The first-order chi connectivity index (χ1) is 14.4. The molecule has 0 aliphatic carbocycles. The first kappa shape index (κ1) is 19.7. The molecule has 3 aromatic heterocycles. The van der Waals surface area contributed by atoms with Gasteiger partial charge in [0.05, 0.1) is 17.1 Å². The topological polar surface area (TPSA) is 45.2 Å². The Morgan fingerprint density at radius 3 is 1.90 bits per heavy atom. The average Bonchev–Trinajstić information content (AvgIpc) is 2.77. The van der Waals surface area contributed by atoms with Gasteiger partial charge in [0.25, 0.3) is 0 Å². The summed E-state index contributed by atoms with van der Waals surface area (Å²) in [5, 5.41) is 0. The van der Waals surface area contributed by atoms with E-state index in [1.165, 1.54) is 19.3 Å². The third kappa shape index (κ3) is 5.92. The fourth-order valence-corrected chi connectivity index (χ4v) is 4.10. The van der Waals surface area contributed by atoms with E-state index >= 15 is 0 Å². The molecule has 1 atom stereocenters. The van der Waals surface area contributed by atoms with Crippen molar-refractivity contribution in [3.63, 3.8) is 0 Å². The van der Waals surface area contributed by atoms with Gasteiger partial charge in [0.1, 0.15) is 0 Å². The van der Waals surface area contributed by atoms with E-state index in [1.807, 2.05) is 36.8 Å². The van der Waals surface area contributed by atoms with Crippen LogP contribution in [0.2, 0.25) is 0 Å². The van der Waals surface area contributed by atoms with Gasteiger partial charge in [0, 0.05) is 50.8 Å². The van der Waals surface area contributed by atoms with Gasteiger partial charge >= 0.3 is 0 Å². The molecule has 0 spiro atoms. The van der Waals surface area contributed by atoms with Crippen molar-refractivity contribution < 1.29 is 0 Å². The maximum absolute atomic E-state index is 4.55. The summed E-state index contributed by atoms with van der Waals surface area (Å²) in [5.41, 5.74) is 3.37. The lowest BCUT2D eigenvalue weighted by molar-refractivity contribution is 0.0896. The largest absolute Gasteiger partial charge is 0.293 e. The summed E-state index contributed by atoms with van der Waals surface area (Å²) < 4.78 is 0. The predicted molar refractivity (Wildman–Crippen MR) is 115 cm³/mol. The zero-order valence-electron chi connectivity index (χ0n) is 16.9. The molecule has 5 heteroatoms. The quantitative estimate of drug-likeness (QED) is 0.586. The van der Waals surface area contributed by atoms with Gasteiger partial charge in [-0.05, 0) is 55.8 Å². The van der Waals surface area contributed by atoms with Crippen molar-refractivity contribution in [2.45, 2.75) is 44.9 Å². The molecule has 150 valence electrons. The summed E-state index contributed by atoms with van der Waals surface area (Å²) in [7, 11) is 0. The molecule has 0 amide bonds. The number of likely N-dealkylation sites (tertiary alicyclic amines) is 1. The van der Waals surface area contributed by atoms with Gasteiger partial charge in [-0.15, -0.1) is 0 Å². The number of hydrogen-bond donors (Lipinski definition) is 0. The van der Waals surface area contributed by atoms with Gasteiger partial charge < -0.3 is 0 Å². The van der Waals surface area contributed by atoms with Crippen molar-refractivity contribution in [1.82, 2.24) is 24.8 Å². The first-order valence-corrected chi connectivity index (χ1v) is 10.5. The summed E-state index contributed by atoms with van der Waals surface area (Å²) in [4.78, 5) is 18.8. The van der Waals surface area contributed by atoms with Crippen molar-refractivity contribution in [3.8, 4) is 0 Å². The molecule has 0 saturated carbocycles. The molecule has 3 aromatic rings. The van der Waals surface area contributed by atoms with Crippen LogP contribution in [0.3, 0.4) is 0 Å². The van der Waals surface area contributed by atoms with E-state index in [1.54, 1.807) is 0 Å². The van der Waals surface area contributed by atoms with E-state index < -0.39 is 0 Å². The lowest BCUT2D eigenvalue weighted by atomic mass is 10.0. The Morgan fingerprint density at radius 1 is 0.759 bits per heavy atom. The first-order valence-electron chi connectivity index (χ1n) is 10.5.